The molecule has 90 valence electrons. The van der Waals surface area contributed by atoms with E-state index in [1.807, 2.05) is 37.3 Å². The highest BCUT2D eigenvalue weighted by atomic mass is 16.5. The first-order chi connectivity index (χ1) is 8.26. The monoisotopic (exact) mass is 232 g/mol. The van der Waals surface area contributed by atoms with Crippen molar-refractivity contribution in [3.05, 3.63) is 35.9 Å². The summed E-state index contributed by atoms with van der Waals surface area (Å²) < 4.78 is 10.7. The fourth-order valence-corrected chi connectivity index (χ4v) is 2.06. The van der Waals surface area contributed by atoms with E-state index in [1.54, 1.807) is 6.92 Å². The number of carbonyl (C=O) groups excluding carboxylic acids is 1. The molecule has 0 amide bonds. The second kappa shape index (κ2) is 5.04. The molecular formula is C14H16O3. The Morgan fingerprint density at radius 1 is 1.47 bits per heavy atom. The van der Waals surface area contributed by atoms with Gasteiger partial charge in [-0.15, -0.1) is 0 Å². The third-order valence-corrected chi connectivity index (χ3v) is 2.78. The molecule has 0 aromatic heterocycles. The van der Waals surface area contributed by atoms with Crippen LogP contribution in [-0.2, 0) is 9.53 Å². The second-order valence-electron chi connectivity index (χ2n) is 3.86. The van der Waals surface area contributed by atoms with Crippen molar-refractivity contribution in [3.8, 4) is 5.75 Å². The molecule has 0 bridgehead atoms. The van der Waals surface area contributed by atoms with Crippen LogP contribution in [0.1, 0.15) is 25.8 Å². The van der Waals surface area contributed by atoms with Gasteiger partial charge in [0.25, 0.3) is 0 Å². The number of esters is 1. The van der Waals surface area contributed by atoms with Gasteiger partial charge in [0.05, 0.1) is 13.0 Å². The molecule has 1 aliphatic heterocycles. The number of benzene rings is 1. The SMILES string of the molecule is C/C=C1\c2ccccc2OC1CC(=O)OCC. The zero-order valence-electron chi connectivity index (χ0n) is 10.1. The van der Waals surface area contributed by atoms with Gasteiger partial charge in [-0.25, -0.2) is 0 Å². The molecule has 3 nitrogen and oxygen atoms in total. The zero-order valence-corrected chi connectivity index (χ0v) is 10.1. The van der Waals surface area contributed by atoms with Crippen LogP contribution in [0.5, 0.6) is 5.75 Å². The van der Waals surface area contributed by atoms with Crippen LogP contribution in [0.2, 0.25) is 0 Å². The van der Waals surface area contributed by atoms with Crippen LogP contribution >= 0.6 is 0 Å². The minimum Gasteiger partial charge on any atom is -0.484 e. The predicted octanol–water partition coefficient (Wildman–Crippen LogP) is 2.80. The van der Waals surface area contributed by atoms with E-state index in [4.69, 9.17) is 9.47 Å². The summed E-state index contributed by atoms with van der Waals surface area (Å²) in [4.78, 5) is 11.5. The lowest BCUT2D eigenvalue weighted by atomic mass is 10.0. The van der Waals surface area contributed by atoms with Crippen molar-refractivity contribution < 1.29 is 14.3 Å². The van der Waals surface area contributed by atoms with Gasteiger partial charge < -0.3 is 9.47 Å². The largest absolute Gasteiger partial charge is 0.484 e. The molecule has 1 atom stereocenters. The number of hydrogen-bond acceptors (Lipinski definition) is 3. The van der Waals surface area contributed by atoms with Crippen molar-refractivity contribution in [2.45, 2.75) is 26.4 Å². The lowest BCUT2D eigenvalue weighted by Gasteiger charge is -2.11. The van der Waals surface area contributed by atoms with Crippen LogP contribution in [0.15, 0.2) is 30.3 Å². The van der Waals surface area contributed by atoms with Crippen LogP contribution in [0.3, 0.4) is 0 Å². The van der Waals surface area contributed by atoms with Gasteiger partial charge in [-0.2, -0.15) is 0 Å². The Balaban J connectivity index is 2.16. The predicted molar refractivity (Wildman–Crippen MR) is 65.8 cm³/mol. The molecule has 17 heavy (non-hydrogen) atoms. The van der Waals surface area contributed by atoms with Gasteiger partial charge in [0.1, 0.15) is 11.9 Å². The Bertz CT molecular complexity index is 449. The molecule has 0 saturated carbocycles. The lowest BCUT2D eigenvalue weighted by molar-refractivity contribution is -0.144. The summed E-state index contributed by atoms with van der Waals surface area (Å²) in [6, 6.07) is 7.83. The topological polar surface area (TPSA) is 35.5 Å². The third-order valence-electron chi connectivity index (χ3n) is 2.78. The van der Waals surface area contributed by atoms with Crippen molar-refractivity contribution in [2.24, 2.45) is 0 Å². The summed E-state index contributed by atoms with van der Waals surface area (Å²) in [5, 5.41) is 0. The standard InChI is InChI=1S/C14H16O3/c1-3-10-11-7-5-6-8-12(11)17-13(10)9-14(15)16-4-2/h3,5-8,13H,4,9H2,1-2H3/b10-3+. The minimum absolute atomic E-state index is 0.212. The maximum absolute atomic E-state index is 11.5. The molecule has 3 heteroatoms. The molecule has 0 spiro atoms. The van der Waals surface area contributed by atoms with Crippen molar-refractivity contribution in [3.63, 3.8) is 0 Å². The second-order valence-corrected chi connectivity index (χ2v) is 3.86. The third kappa shape index (κ3) is 2.33. The minimum atomic E-state index is -0.218. The van der Waals surface area contributed by atoms with Crippen LogP contribution in [0, 0.1) is 0 Å². The maximum atomic E-state index is 11.5. The Labute approximate surface area is 101 Å². The summed E-state index contributed by atoms with van der Waals surface area (Å²) in [5.74, 6) is 0.625. The van der Waals surface area contributed by atoms with Crippen LogP contribution in [0.4, 0.5) is 0 Å². The van der Waals surface area contributed by atoms with Crippen molar-refractivity contribution >= 4 is 11.5 Å². The summed E-state index contributed by atoms with van der Waals surface area (Å²) in [7, 11) is 0. The van der Waals surface area contributed by atoms with E-state index in [9.17, 15) is 4.79 Å². The van der Waals surface area contributed by atoms with Gasteiger partial charge in [-0.1, -0.05) is 24.3 Å². The molecule has 1 unspecified atom stereocenters. The first-order valence-electron chi connectivity index (χ1n) is 5.84. The maximum Gasteiger partial charge on any atom is 0.309 e. The quantitative estimate of drug-likeness (QED) is 0.752. The van der Waals surface area contributed by atoms with Gasteiger partial charge in [0.2, 0.25) is 0 Å². The number of fused-ring (bicyclic) bond motifs is 1. The van der Waals surface area contributed by atoms with Gasteiger partial charge in [-0.3, -0.25) is 4.79 Å². The van der Waals surface area contributed by atoms with E-state index < -0.39 is 0 Å². The number of rotatable bonds is 3. The molecule has 2 rings (SSSR count). The summed E-state index contributed by atoms with van der Waals surface area (Å²) in [6.45, 7) is 4.17. The highest BCUT2D eigenvalue weighted by molar-refractivity contribution is 5.81. The molecule has 1 aliphatic rings. The van der Waals surface area contributed by atoms with E-state index in [1.165, 1.54) is 0 Å². The van der Waals surface area contributed by atoms with Crippen LogP contribution in [0.25, 0.3) is 5.57 Å². The summed E-state index contributed by atoms with van der Waals surface area (Å²) in [6.07, 6.45) is 2.05. The molecule has 0 N–H and O–H groups in total. The Kier molecular flexibility index (Phi) is 3.47. The Morgan fingerprint density at radius 3 is 2.94 bits per heavy atom. The fraction of sp³-hybridized carbons (Fsp3) is 0.357. The number of allylic oxidation sites excluding steroid dienone is 1. The van der Waals surface area contributed by atoms with E-state index in [2.05, 4.69) is 0 Å². The van der Waals surface area contributed by atoms with Gasteiger partial charge in [-0.05, 0) is 25.5 Å². The van der Waals surface area contributed by atoms with Gasteiger partial charge in [0.15, 0.2) is 0 Å². The Morgan fingerprint density at radius 2 is 2.24 bits per heavy atom. The van der Waals surface area contributed by atoms with E-state index in [0.717, 1.165) is 16.9 Å². The van der Waals surface area contributed by atoms with Crippen molar-refractivity contribution in [1.29, 1.82) is 0 Å². The average molecular weight is 232 g/mol. The molecule has 0 fully saturated rings. The summed E-state index contributed by atoms with van der Waals surface area (Å²) in [5.41, 5.74) is 2.14. The van der Waals surface area contributed by atoms with Crippen LogP contribution in [-0.4, -0.2) is 18.7 Å². The smallest absolute Gasteiger partial charge is 0.309 e. The summed E-state index contributed by atoms with van der Waals surface area (Å²) >= 11 is 0. The fourth-order valence-electron chi connectivity index (χ4n) is 2.06. The number of carbonyl (C=O) groups is 1. The number of ether oxygens (including phenoxy) is 2. The van der Waals surface area contributed by atoms with Crippen molar-refractivity contribution in [1.82, 2.24) is 0 Å². The molecule has 0 aliphatic carbocycles. The Hall–Kier alpha value is -1.77. The van der Waals surface area contributed by atoms with Crippen molar-refractivity contribution in [2.75, 3.05) is 6.61 Å². The average Bonchev–Trinajstić information content (AvgIpc) is 2.66. The van der Waals surface area contributed by atoms with E-state index in [-0.39, 0.29) is 18.5 Å². The van der Waals surface area contributed by atoms with Gasteiger partial charge in [0, 0.05) is 5.56 Å². The molecule has 0 radical (unpaired) electrons. The first kappa shape index (κ1) is 11.7. The molecular weight excluding hydrogens is 216 g/mol. The van der Waals surface area contributed by atoms with E-state index >= 15 is 0 Å². The molecule has 1 aromatic carbocycles. The number of para-hydroxylation sites is 1. The zero-order chi connectivity index (χ0) is 12.3. The first-order valence-corrected chi connectivity index (χ1v) is 5.84. The molecule has 1 aromatic rings. The van der Waals surface area contributed by atoms with E-state index in [0.29, 0.717) is 6.61 Å². The van der Waals surface area contributed by atoms with Gasteiger partial charge >= 0.3 is 5.97 Å². The lowest BCUT2D eigenvalue weighted by Crippen LogP contribution is -2.19. The normalized spacial score (nSPS) is 19.9. The molecule has 0 saturated heterocycles. The highest BCUT2D eigenvalue weighted by Gasteiger charge is 2.29. The van der Waals surface area contributed by atoms with Crippen LogP contribution < -0.4 is 4.74 Å². The molecule has 1 heterocycles. The highest BCUT2D eigenvalue weighted by Crippen LogP contribution is 2.38. The number of hydrogen-bond donors (Lipinski definition) is 0.